The molecule has 1 atom stereocenters. The number of ether oxygens (including phenoxy) is 1. The van der Waals surface area contributed by atoms with Crippen LogP contribution in [0.3, 0.4) is 0 Å². The van der Waals surface area contributed by atoms with Crippen molar-refractivity contribution < 1.29 is 22.7 Å². The highest BCUT2D eigenvalue weighted by atomic mass is 35.5. The average molecular weight is 709 g/mol. The van der Waals surface area contributed by atoms with Crippen molar-refractivity contribution in [2.24, 2.45) is 0 Å². The fourth-order valence-corrected chi connectivity index (χ4v) is 7.84. The first-order chi connectivity index (χ1) is 23.2. The van der Waals surface area contributed by atoms with E-state index in [1.54, 1.807) is 42.5 Å². The lowest BCUT2D eigenvalue weighted by atomic mass is 9.94. The zero-order valence-corrected chi connectivity index (χ0v) is 29.1. The lowest BCUT2D eigenvalue weighted by molar-refractivity contribution is -0.140. The Kier molecular flexibility index (Phi) is 12.0. The number of carbonyl (C=O) groups is 2. The predicted octanol–water partition coefficient (Wildman–Crippen LogP) is 7.29. The van der Waals surface area contributed by atoms with Gasteiger partial charge in [-0.15, -0.1) is 0 Å². The maximum absolute atomic E-state index is 14.7. The third kappa shape index (κ3) is 8.69. The fraction of sp³-hybridized carbons (Fsp3) is 0.297. The number of nitrogens with one attached hydrogen (secondary N) is 1. The fourth-order valence-electron chi connectivity index (χ4n) is 5.97. The van der Waals surface area contributed by atoms with Gasteiger partial charge in [0, 0.05) is 24.0 Å². The molecular formula is C37H39Cl2N3O5S. The molecule has 1 fully saturated rings. The first-order valence-corrected chi connectivity index (χ1v) is 18.2. The first-order valence-electron chi connectivity index (χ1n) is 16.0. The molecular weight excluding hydrogens is 669 g/mol. The zero-order chi connectivity index (χ0) is 34.1. The Morgan fingerprint density at radius 2 is 1.50 bits per heavy atom. The van der Waals surface area contributed by atoms with Crippen molar-refractivity contribution in [3.8, 4) is 5.75 Å². The van der Waals surface area contributed by atoms with Gasteiger partial charge in [-0.3, -0.25) is 13.9 Å². The third-order valence-electron chi connectivity index (χ3n) is 8.55. The summed E-state index contributed by atoms with van der Waals surface area (Å²) >= 11 is 13.1. The van der Waals surface area contributed by atoms with E-state index < -0.39 is 28.5 Å². The first kappa shape index (κ1) is 35.3. The molecule has 5 rings (SSSR count). The Hall–Kier alpha value is -4.05. The van der Waals surface area contributed by atoms with Gasteiger partial charge < -0.3 is 15.0 Å². The van der Waals surface area contributed by atoms with Crippen molar-refractivity contribution in [2.75, 3.05) is 18.0 Å². The van der Waals surface area contributed by atoms with Gasteiger partial charge in [0.05, 0.1) is 22.7 Å². The smallest absolute Gasteiger partial charge is 0.264 e. The molecule has 0 unspecified atom stereocenters. The largest absolute Gasteiger partial charge is 0.495 e. The number of hydrogen-bond acceptors (Lipinski definition) is 5. The molecule has 0 aliphatic heterocycles. The van der Waals surface area contributed by atoms with Crippen LogP contribution in [0.5, 0.6) is 5.75 Å². The van der Waals surface area contributed by atoms with E-state index in [1.165, 1.54) is 36.3 Å². The van der Waals surface area contributed by atoms with E-state index in [0.29, 0.717) is 16.3 Å². The molecule has 0 bridgehead atoms. The molecule has 1 aliphatic rings. The van der Waals surface area contributed by atoms with Crippen LogP contribution in [0.2, 0.25) is 10.0 Å². The molecule has 1 N–H and O–H groups in total. The summed E-state index contributed by atoms with van der Waals surface area (Å²) in [5, 5.41) is 3.81. The summed E-state index contributed by atoms with van der Waals surface area (Å²) in [6.45, 7) is -0.622. The quantitative estimate of drug-likeness (QED) is 0.158. The molecule has 0 heterocycles. The van der Waals surface area contributed by atoms with Gasteiger partial charge in [0.15, 0.2) is 0 Å². The van der Waals surface area contributed by atoms with E-state index in [0.717, 1.165) is 42.0 Å². The van der Waals surface area contributed by atoms with Crippen LogP contribution in [0.25, 0.3) is 0 Å². The van der Waals surface area contributed by atoms with Crippen molar-refractivity contribution in [3.05, 3.63) is 124 Å². The lowest BCUT2D eigenvalue weighted by Gasteiger charge is -2.35. The van der Waals surface area contributed by atoms with Crippen molar-refractivity contribution in [1.82, 2.24) is 10.2 Å². The summed E-state index contributed by atoms with van der Waals surface area (Å²) < 4.78 is 34.7. The SMILES string of the molecule is COc1ccc(N(CC(=O)N(Cc2ccccc2Cl)[C@@H](Cc2ccccc2)C(=O)NC2CCCCC2)S(=O)(=O)c2ccccc2)cc1Cl. The minimum absolute atomic E-state index is 0.00160. The number of rotatable bonds is 13. The van der Waals surface area contributed by atoms with Gasteiger partial charge in [-0.1, -0.05) is 109 Å². The third-order valence-corrected chi connectivity index (χ3v) is 11.0. The molecule has 252 valence electrons. The van der Waals surface area contributed by atoms with Crippen molar-refractivity contribution >= 4 is 50.7 Å². The molecule has 1 saturated carbocycles. The minimum atomic E-state index is -4.27. The summed E-state index contributed by atoms with van der Waals surface area (Å²) in [6.07, 6.45) is 5.11. The van der Waals surface area contributed by atoms with Crippen LogP contribution in [0.4, 0.5) is 5.69 Å². The van der Waals surface area contributed by atoms with E-state index in [9.17, 15) is 18.0 Å². The van der Waals surface area contributed by atoms with Crippen molar-refractivity contribution in [3.63, 3.8) is 0 Å². The maximum Gasteiger partial charge on any atom is 0.264 e. The van der Waals surface area contributed by atoms with Crippen LogP contribution in [0, 0.1) is 0 Å². The summed E-state index contributed by atoms with van der Waals surface area (Å²) in [6, 6.07) is 28.0. The molecule has 11 heteroatoms. The molecule has 0 saturated heterocycles. The summed E-state index contributed by atoms with van der Waals surface area (Å²) in [7, 11) is -2.81. The number of hydrogen-bond donors (Lipinski definition) is 1. The Morgan fingerprint density at radius 1 is 0.854 bits per heavy atom. The Bertz CT molecular complexity index is 1800. The van der Waals surface area contributed by atoms with Gasteiger partial charge in [0.2, 0.25) is 11.8 Å². The van der Waals surface area contributed by atoms with Gasteiger partial charge >= 0.3 is 0 Å². The standard InChI is InChI=1S/C37H39Cl2N3O5S/c1-47-35-22-21-30(24-33(35)39)42(48(45,46)31-18-9-4-10-19-31)26-36(43)41(25-28-15-11-12-20-32(28)38)34(23-27-13-5-2-6-14-27)37(44)40-29-16-7-3-8-17-29/h2,4-6,9-15,18-22,24,29,34H,3,7-8,16-17,23,25-26H2,1H3,(H,40,44)/t34-/m0/s1. The van der Waals surface area contributed by atoms with Crippen molar-refractivity contribution in [2.45, 2.75) is 62.0 Å². The van der Waals surface area contributed by atoms with Gasteiger partial charge in [0.1, 0.15) is 18.3 Å². The number of amides is 2. The molecule has 8 nitrogen and oxygen atoms in total. The van der Waals surface area contributed by atoms with Crippen molar-refractivity contribution in [1.29, 1.82) is 0 Å². The highest BCUT2D eigenvalue weighted by Gasteiger charge is 2.36. The summed E-state index contributed by atoms with van der Waals surface area (Å²) in [5.41, 5.74) is 1.65. The molecule has 2 amide bonds. The summed E-state index contributed by atoms with van der Waals surface area (Å²) in [5.74, 6) is -0.524. The second-order valence-electron chi connectivity index (χ2n) is 11.8. The molecule has 4 aromatic carbocycles. The molecule has 1 aliphatic carbocycles. The second-order valence-corrected chi connectivity index (χ2v) is 14.5. The number of nitrogens with zero attached hydrogens (tertiary/aromatic N) is 2. The number of carbonyl (C=O) groups excluding carboxylic acids is 2. The molecule has 0 spiro atoms. The van der Waals surface area contributed by atoms with E-state index in [2.05, 4.69) is 5.32 Å². The zero-order valence-electron chi connectivity index (χ0n) is 26.7. The monoisotopic (exact) mass is 707 g/mol. The lowest BCUT2D eigenvalue weighted by Crippen LogP contribution is -2.55. The molecule has 48 heavy (non-hydrogen) atoms. The second kappa shape index (κ2) is 16.4. The molecule has 0 aromatic heterocycles. The Morgan fingerprint density at radius 3 is 2.15 bits per heavy atom. The normalized spacial score (nSPS) is 14.1. The van der Waals surface area contributed by atoms with Crippen LogP contribution < -0.4 is 14.4 Å². The maximum atomic E-state index is 14.7. The van der Waals surface area contributed by atoms with Gasteiger partial charge in [-0.25, -0.2) is 8.42 Å². The van der Waals surface area contributed by atoms with Crippen LogP contribution >= 0.6 is 23.2 Å². The van der Waals surface area contributed by atoms with Gasteiger partial charge in [0.25, 0.3) is 10.0 Å². The average Bonchev–Trinajstić information content (AvgIpc) is 3.10. The van der Waals surface area contributed by atoms with E-state index in [4.69, 9.17) is 27.9 Å². The van der Waals surface area contributed by atoms with Gasteiger partial charge in [-0.2, -0.15) is 0 Å². The van der Waals surface area contributed by atoms with Crippen LogP contribution in [-0.4, -0.2) is 50.9 Å². The number of anilines is 1. The number of halogens is 2. The molecule has 0 radical (unpaired) electrons. The Balaban J connectivity index is 1.58. The van der Waals surface area contributed by atoms with Crippen LogP contribution in [0.1, 0.15) is 43.2 Å². The van der Waals surface area contributed by atoms with E-state index in [-0.39, 0.29) is 40.5 Å². The highest BCUT2D eigenvalue weighted by molar-refractivity contribution is 7.92. The summed E-state index contributed by atoms with van der Waals surface area (Å²) in [4.78, 5) is 30.4. The highest BCUT2D eigenvalue weighted by Crippen LogP contribution is 2.32. The minimum Gasteiger partial charge on any atom is -0.495 e. The number of sulfonamides is 1. The van der Waals surface area contributed by atoms with Crippen LogP contribution in [-0.2, 0) is 32.6 Å². The van der Waals surface area contributed by atoms with Gasteiger partial charge in [-0.05, 0) is 60.4 Å². The molecule has 4 aromatic rings. The van der Waals surface area contributed by atoms with E-state index >= 15 is 0 Å². The predicted molar refractivity (Wildman–Crippen MR) is 190 cm³/mol. The number of benzene rings is 4. The van der Waals surface area contributed by atoms with E-state index in [1.807, 2.05) is 36.4 Å². The topological polar surface area (TPSA) is 96.0 Å². The van der Waals surface area contributed by atoms with Crippen LogP contribution in [0.15, 0.2) is 108 Å². The number of methoxy groups -OCH3 is 1. The Labute approximate surface area is 292 Å².